The van der Waals surface area contributed by atoms with Gasteiger partial charge in [-0.15, -0.1) is 0 Å². The maximum absolute atomic E-state index is 14.0. The van der Waals surface area contributed by atoms with Gasteiger partial charge >= 0.3 is 11.9 Å². The molecule has 0 spiro atoms. The first-order chi connectivity index (χ1) is 22.4. The van der Waals surface area contributed by atoms with Crippen molar-refractivity contribution in [2.45, 2.75) is 25.0 Å². The topological polar surface area (TPSA) is 98.8 Å². The number of hydrogen-bond donors (Lipinski definition) is 0. The Labute approximate surface area is 268 Å². The zero-order valence-corrected chi connectivity index (χ0v) is 26.6. The van der Waals surface area contributed by atoms with Crippen molar-refractivity contribution in [1.82, 2.24) is 0 Å². The van der Waals surface area contributed by atoms with Gasteiger partial charge in [-0.1, -0.05) is 66.7 Å². The molecule has 0 radical (unpaired) electrons. The highest BCUT2D eigenvalue weighted by Crippen LogP contribution is 2.60. The number of rotatable bonds is 13. The number of hydrogen-bond acceptors (Lipinski definition) is 9. The van der Waals surface area contributed by atoms with Crippen molar-refractivity contribution in [3.8, 4) is 28.7 Å². The third-order valence-electron chi connectivity index (χ3n) is 8.40. The Hall–Kier alpha value is -5.18. The van der Waals surface area contributed by atoms with E-state index in [-0.39, 0.29) is 13.2 Å². The molecule has 240 valence electrons. The SMILES string of the molecule is COc1ccc([C@H]2[C@H](C(=O)OCc3ccccc3)[C@H](C(=O)OCc3ccccc3)[C@H]2c2cc(OC)c(OC)c(OC)c2)cc1OC. The van der Waals surface area contributed by atoms with Crippen LogP contribution in [0.4, 0.5) is 0 Å². The van der Waals surface area contributed by atoms with Crippen LogP contribution < -0.4 is 23.7 Å². The number of methoxy groups -OCH3 is 5. The first-order valence-electron chi connectivity index (χ1n) is 14.9. The average molecular weight is 627 g/mol. The van der Waals surface area contributed by atoms with Crippen LogP contribution in [-0.2, 0) is 32.3 Å². The fourth-order valence-electron chi connectivity index (χ4n) is 6.17. The second-order valence-electron chi connectivity index (χ2n) is 10.9. The van der Waals surface area contributed by atoms with Crippen LogP contribution in [0.25, 0.3) is 0 Å². The van der Waals surface area contributed by atoms with Crippen LogP contribution in [-0.4, -0.2) is 47.5 Å². The Kier molecular flexibility index (Phi) is 10.3. The van der Waals surface area contributed by atoms with Gasteiger partial charge in [-0.3, -0.25) is 9.59 Å². The van der Waals surface area contributed by atoms with Gasteiger partial charge in [0.05, 0.1) is 47.4 Å². The average Bonchev–Trinajstić information content (AvgIpc) is 3.09. The molecule has 0 unspecified atom stereocenters. The molecule has 1 saturated carbocycles. The van der Waals surface area contributed by atoms with Gasteiger partial charge in [0.2, 0.25) is 5.75 Å². The highest BCUT2D eigenvalue weighted by Gasteiger charge is 2.60. The van der Waals surface area contributed by atoms with Crippen LogP contribution in [0.1, 0.15) is 34.1 Å². The fourth-order valence-corrected chi connectivity index (χ4v) is 6.17. The van der Waals surface area contributed by atoms with Gasteiger partial charge in [0.15, 0.2) is 23.0 Å². The lowest BCUT2D eigenvalue weighted by atomic mass is 9.52. The van der Waals surface area contributed by atoms with Gasteiger partial charge in [-0.2, -0.15) is 0 Å². The second kappa shape index (κ2) is 14.7. The molecular formula is C37H38O9. The summed E-state index contributed by atoms with van der Waals surface area (Å²) in [6.07, 6.45) is 0. The van der Waals surface area contributed by atoms with Crippen molar-refractivity contribution in [2.75, 3.05) is 35.5 Å². The van der Waals surface area contributed by atoms with Crippen molar-refractivity contribution in [1.29, 1.82) is 0 Å². The lowest BCUT2D eigenvalue weighted by Crippen LogP contribution is -2.52. The van der Waals surface area contributed by atoms with Crippen molar-refractivity contribution >= 4 is 11.9 Å². The third-order valence-corrected chi connectivity index (χ3v) is 8.40. The standard InChI is InChI=1S/C37H38O9/c1-40-27-17-16-25(18-28(27)41-2)31-32(26-19-29(42-3)35(44-5)30(20-26)43-4)34(37(39)46-22-24-14-10-7-11-15-24)33(31)36(38)45-21-23-12-8-6-9-13-23/h6-20,31-34H,21-22H2,1-5H3/t31-,32+,33+,34-/m1/s1. The van der Waals surface area contributed by atoms with Crippen LogP contribution >= 0.6 is 0 Å². The van der Waals surface area contributed by atoms with Gasteiger partial charge in [-0.05, 0) is 46.5 Å². The molecule has 46 heavy (non-hydrogen) atoms. The van der Waals surface area contributed by atoms with Gasteiger partial charge in [0, 0.05) is 11.8 Å². The van der Waals surface area contributed by atoms with E-state index >= 15 is 0 Å². The zero-order chi connectivity index (χ0) is 32.6. The first-order valence-corrected chi connectivity index (χ1v) is 14.9. The summed E-state index contributed by atoms with van der Waals surface area (Å²) in [7, 11) is 7.70. The monoisotopic (exact) mass is 626 g/mol. The van der Waals surface area contributed by atoms with E-state index in [2.05, 4.69) is 0 Å². The summed E-state index contributed by atoms with van der Waals surface area (Å²) in [5.74, 6) is -1.49. The van der Waals surface area contributed by atoms with E-state index in [1.807, 2.05) is 84.9 Å². The van der Waals surface area contributed by atoms with Crippen molar-refractivity contribution in [2.24, 2.45) is 11.8 Å². The van der Waals surface area contributed by atoms with Crippen LogP contribution in [0, 0.1) is 11.8 Å². The highest BCUT2D eigenvalue weighted by atomic mass is 16.5. The van der Waals surface area contributed by atoms with Crippen LogP contribution in [0.5, 0.6) is 28.7 Å². The molecule has 1 fully saturated rings. The fraction of sp³-hybridized carbons (Fsp3) is 0.297. The molecule has 0 bridgehead atoms. The number of carbonyl (C=O) groups excluding carboxylic acids is 2. The van der Waals surface area contributed by atoms with E-state index in [4.69, 9.17) is 33.2 Å². The Morgan fingerprint density at radius 3 is 1.37 bits per heavy atom. The second-order valence-corrected chi connectivity index (χ2v) is 10.9. The molecule has 0 heterocycles. The van der Waals surface area contributed by atoms with Gasteiger partial charge < -0.3 is 33.2 Å². The summed E-state index contributed by atoms with van der Waals surface area (Å²) >= 11 is 0. The van der Waals surface area contributed by atoms with Gasteiger partial charge in [0.25, 0.3) is 0 Å². The molecular weight excluding hydrogens is 588 g/mol. The summed E-state index contributed by atoms with van der Waals surface area (Å²) in [5.41, 5.74) is 3.15. The summed E-state index contributed by atoms with van der Waals surface area (Å²) in [6, 6.07) is 27.9. The normalized spacial score (nSPS) is 18.5. The third kappa shape index (κ3) is 6.59. The largest absolute Gasteiger partial charge is 0.493 e. The zero-order valence-electron chi connectivity index (χ0n) is 26.6. The minimum absolute atomic E-state index is 0.0605. The number of carbonyl (C=O) groups is 2. The Balaban J connectivity index is 1.60. The molecule has 0 aliphatic heterocycles. The lowest BCUT2D eigenvalue weighted by Gasteiger charge is -2.49. The smallest absolute Gasteiger partial charge is 0.310 e. The Morgan fingerprint density at radius 1 is 0.500 bits per heavy atom. The van der Waals surface area contributed by atoms with E-state index in [0.29, 0.717) is 34.3 Å². The Bertz CT molecular complexity index is 1610. The van der Waals surface area contributed by atoms with Crippen LogP contribution in [0.3, 0.4) is 0 Å². The maximum Gasteiger partial charge on any atom is 0.310 e. The van der Waals surface area contributed by atoms with E-state index in [1.54, 1.807) is 20.3 Å². The van der Waals surface area contributed by atoms with Crippen molar-refractivity contribution in [3.63, 3.8) is 0 Å². The predicted molar refractivity (Wildman–Crippen MR) is 171 cm³/mol. The van der Waals surface area contributed by atoms with Gasteiger partial charge in [0.1, 0.15) is 13.2 Å². The molecule has 4 aromatic rings. The van der Waals surface area contributed by atoms with E-state index in [1.165, 1.54) is 21.3 Å². The summed E-state index contributed by atoms with van der Waals surface area (Å²) in [5, 5.41) is 0. The molecule has 9 heteroatoms. The molecule has 4 aromatic carbocycles. The summed E-state index contributed by atoms with van der Waals surface area (Å²) < 4.78 is 39.7. The minimum atomic E-state index is -0.882. The van der Waals surface area contributed by atoms with E-state index in [0.717, 1.165) is 16.7 Å². The molecule has 1 aliphatic carbocycles. The van der Waals surface area contributed by atoms with E-state index in [9.17, 15) is 9.59 Å². The predicted octanol–water partition coefficient (Wildman–Crippen LogP) is 6.33. The molecule has 1 aliphatic rings. The number of ether oxygens (including phenoxy) is 7. The van der Waals surface area contributed by atoms with E-state index < -0.39 is 35.6 Å². The summed E-state index contributed by atoms with van der Waals surface area (Å²) in [6.45, 7) is 0.125. The first kappa shape index (κ1) is 32.2. The number of benzene rings is 4. The number of esters is 2. The Morgan fingerprint density at radius 2 is 0.935 bits per heavy atom. The maximum atomic E-state index is 14.0. The van der Waals surface area contributed by atoms with Gasteiger partial charge in [-0.25, -0.2) is 0 Å². The van der Waals surface area contributed by atoms with Crippen LogP contribution in [0.2, 0.25) is 0 Å². The molecule has 5 rings (SSSR count). The van der Waals surface area contributed by atoms with Crippen LogP contribution in [0.15, 0.2) is 91.0 Å². The molecule has 0 N–H and O–H groups in total. The summed E-state index contributed by atoms with van der Waals surface area (Å²) in [4.78, 5) is 28.1. The highest BCUT2D eigenvalue weighted by molar-refractivity contribution is 5.87. The molecule has 0 aromatic heterocycles. The molecule has 0 amide bonds. The lowest BCUT2D eigenvalue weighted by molar-refractivity contribution is -0.173. The van der Waals surface area contributed by atoms with Crippen molar-refractivity contribution in [3.05, 3.63) is 113 Å². The molecule has 4 atom stereocenters. The molecule has 0 saturated heterocycles. The molecule has 9 nitrogen and oxygen atoms in total. The quantitative estimate of drug-likeness (QED) is 0.158. The van der Waals surface area contributed by atoms with Crippen molar-refractivity contribution < 1.29 is 42.7 Å². The minimum Gasteiger partial charge on any atom is -0.493 e.